The topological polar surface area (TPSA) is 18.5 Å². The van der Waals surface area contributed by atoms with Crippen LogP contribution in [-0.2, 0) is 9.05 Å². The molecule has 0 aromatic heterocycles. The second kappa shape index (κ2) is 4.32. The van der Waals surface area contributed by atoms with Gasteiger partial charge in [0.05, 0.1) is 0 Å². The molecule has 0 aromatic carbocycles. The zero-order valence-electron chi connectivity index (χ0n) is 7.41. The Balaban J connectivity index is 2.71. The van der Waals surface area contributed by atoms with Crippen molar-refractivity contribution < 1.29 is 9.05 Å². The van der Waals surface area contributed by atoms with Gasteiger partial charge in [0.25, 0.3) is 8.38 Å². The molecular formula is C9H13O2P. The Labute approximate surface area is 74.5 Å². The van der Waals surface area contributed by atoms with E-state index < -0.39 is 8.38 Å². The standard InChI is InChI=1S/C9H13O2P/c1-4-6-7-9-8(5-2)10-12(3)11-9/h5-7H,2,4H2,1,3H3/b7-6-. The average Bonchev–Trinajstić information content (AvgIpc) is 2.42. The maximum Gasteiger partial charge on any atom is 0.287 e. The van der Waals surface area contributed by atoms with Gasteiger partial charge in [-0.05, 0) is 18.6 Å². The minimum absolute atomic E-state index is 0.758. The number of allylic oxidation sites excluding steroid dienone is 3. The third kappa shape index (κ3) is 2.12. The summed E-state index contributed by atoms with van der Waals surface area (Å²) in [6.07, 6.45) is 6.65. The van der Waals surface area contributed by atoms with Gasteiger partial charge in [0.1, 0.15) is 0 Å². The smallest absolute Gasteiger partial charge is 0.287 e. The van der Waals surface area contributed by atoms with Crippen LogP contribution in [0.4, 0.5) is 0 Å². The molecule has 0 amide bonds. The minimum atomic E-state index is -0.763. The van der Waals surface area contributed by atoms with Gasteiger partial charge in [0.2, 0.25) is 0 Å². The molecule has 1 aliphatic rings. The van der Waals surface area contributed by atoms with Gasteiger partial charge in [0.15, 0.2) is 11.5 Å². The summed E-state index contributed by atoms with van der Waals surface area (Å²) in [4.78, 5) is 0. The second-order valence-electron chi connectivity index (χ2n) is 2.37. The van der Waals surface area contributed by atoms with Crippen molar-refractivity contribution in [1.82, 2.24) is 0 Å². The van der Waals surface area contributed by atoms with Crippen molar-refractivity contribution in [3.8, 4) is 0 Å². The van der Waals surface area contributed by atoms with Crippen LogP contribution in [0, 0.1) is 0 Å². The fraction of sp³-hybridized carbons (Fsp3) is 0.333. The van der Waals surface area contributed by atoms with Crippen LogP contribution < -0.4 is 0 Å². The highest BCUT2D eigenvalue weighted by Crippen LogP contribution is 2.47. The molecule has 0 bridgehead atoms. The Bertz CT molecular complexity index is 231. The quantitative estimate of drug-likeness (QED) is 0.626. The highest BCUT2D eigenvalue weighted by atomic mass is 31.2. The van der Waals surface area contributed by atoms with E-state index >= 15 is 0 Å². The van der Waals surface area contributed by atoms with Gasteiger partial charge < -0.3 is 9.05 Å². The third-order valence-electron chi connectivity index (χ3n) is 1.39. The van der Waals surface area contributed by atoms with E-state index in [9.17, 15) is 0 Å². The van der Waals surface area contributed by atoms with Crippen LogP contribution in [0.2, 0.25) is 0 Å². The van der Waals surface area contributed by atoms with Crippen LogP contribution in [0.15, 0.2) is 36.3 Å². The van der Waals surface area contributed by atoms with Crippen LogP contribution in [-0.4, -0.2) is 6.66 Å². The lowest BCUT2D eigenvalue weighted by Crippen LogP contribution is -1.77. The molecular weight excluding hydrogens is 171 g/mol. The molecule has 1 atom stereocenters. The molecule has 1 unspecified atom stereocenters. The first kappa shape index (κ1) is 9.34. The zero-order valence-corrected chi connectivity index (χ0v) is 8.30. The van der Waals surface area contributed by atoms with Crippen molar-refractivity contribution >= 4 is 8.38 Å². The molecule has 0 aliphatic carbocycles. The summed E-state index contributed by atoms with van der Waals surface area (Å²) >= 11 is 0. The summed E-state index contributed by atoms with van der Waals surface area (Å²) in [5.41, 5.74) is 0. The van der Waals surface area contributed by atoms with Gasteiger partial charge in [-0.15, -0.1) is 0 Å². The molecule has 0 saturated heterocycles. The monoisotopic (exact) mass is 184 g/mol. The molecule has 0 N–H and O–H groups in total. The maximum atomic E-state index is 5.43. The van der Waals surface area contributed by atoms with Crippen molar-refractivity contribution in [1.29, 1.82) is 0 Å². The minimum Gasteiger partial charge on any atom is -0.435 e. The van der Waals surface area contributed by atoms with Gasteiger partial charge in [0, 0.05) is 6.66 Å². The lowest BCUT2D eigenvalue weighted by Gasteiger charge is -1.99. The van der Waals surface area contributed by atoms with E-state index in [-0.39, 0.29) is 0 Å². The van der Waals surface area contributed by atoms with Gasteiger partial charge in [-0.25, -0.2) is 0 Å². The lowest BCUT2D eigenvalue weighted by atomic mass is 10.3. The van der Waals surface area contributed by atoms with Crippen molar-refractivity contribution in [2.24, 2.45) is 0 Å². The van der Waals surface area contributed by atoms with Gasteiger partial charge in [-0.3, -0.25) is 0 Å². The van der Waals surface area contributed by atoms with E-state index in [2.05, 4.69) is 13.5 Å². The highest BCUT2D eigenvalue weighted by Gasteiger charge is 2.20. The average molecular weight is 184 g/mol. The Morgan fingerprint density at radius 3 is 2.67 bits per heavy atom. The first-order valence-electron chi connectivity index (χ1n) is 3.90. The zero-order chi connectivity index (χ0) is 8.97. The van der Waals surface area contributed by atoms with Crippen LogP contribution in [0.3, 0.4) is 0 Å². The SMILES string of the molecule is C=CC1=C(/C=C\CC)OP(C)O1. The summed E-state index contributed by atoms with van der Waals surface area (Å²) in [7, 11) is -0.763. The molecule has 1 aliphatic heterocycles. The Morgan fingerprint density at radius 2 is 2.08 bits per heavy atom. The molecule has 3 heteroatoms. The number of hydrogen-bond acceptors (Lipinski definition) is 2. The first-order chi connectivity index (χ1) is 5.77. The lowest BCUT2D eigenvalue weighted by molar-refractivity contribution is 0.461. The molecule has 1 heterocycles. The van der Waals surface area contributed by atoms with Crippen LogP contribution in [0.5, 0.6) is 0 Å². The van der Waals surface area contributed by atoms with E-state index in [0.717, 1.165) is 17.9 Å². The number of rotatable bonds is 3. The Hall–Kier alpha value is -0.750. The van der Waals surface area contributed by atoms with Crippen LogP contribution >= 0.6 is 8.38 Å². The predicted octanol–water partition coefficient (Wildman–Crippen LogP) is 3.34. The van der Waals surface area contributed by atoms with Crippen molar-refractivity contribution in [3.63, 3.8) is 0 Å². The van der Waals surface area contributed by atoms with Crippen molar-refractivity contribution in [2.75, 3.05) is 6.66 Å². The normalized spacial score (nSPS) is 22.7. The van der Waals surface area contributed by atoms with E-state index in [1.165, 1.54) is 0 Å². The van der Waals surface area contributed by atoms with Gasteiger partial charge in [-0.2, -0.15) is 0 Å². The Kier molecular flexibility index (Phi) is 3.36. The summed E-state index contributed by atoms with van der Waals surface area (Å²) in [6.45, 7) is 7.65. The fourth-order valence-corrected chi connectivity index (χ4v) is 1.77. The first-order valence-corrected chi connectivity index (χ1v) is 5.53. The van der Waals surface area contributed by atoms with E-state index in [1.807, 2.05) is 18.8 Å². The van der Waals surface area contributed by atoms with E-state index in [4.69, 9.17) is 9.05 Å². The third-order valence-corrected chi connectivity index (χ3v) is 2.29. The van der Waals surface area contributed by atoms with Crippen molar-refractivity contribution in [3.05, 3.63) is 36.3 Å². The molecule has 0 fully saturated rings. The summed E-state index contributed by atoms with van der Waals surface area (Å²) in [6, 6.07) is 0. The van der Waals surface area contributed by atoms with E-state index in [1.54, 1.807) is 6.08 Å². The Morgan fingerprint density at radius 1 is 1.42 bits per heavy atom. The molecule has 66 valence electrons. The molecule has 0 saturated carbocycles. The molecule has 0 aromatic rings. The largest absolute Gasteiger partial charge is 0.435 e. The molecule has 0 spiro atoms. The van der Waals surface area contributed by atoms with Gasteiger partial charge >= 0.3 is 0 Å². The van der Waals surface area contributed by atoms with Gasteiger partial charge in [-0.1, -0.05) is 19.6 Å². The predicted molar refractivity (Wildman–Crippen MR) is 51.7 cm³/mol. The summed E-state index contributed by atoms with van der Waals surface area (Å²) in [5.74, 6) is 1.56. The number of hydrogen-bond donors (Lipinski definition) is 0. The van der Waals surface area contributed by atoms with Crippen molar-refractivity contribution in [2.45, 2.75) is 13.3 Å². The fourth-order valence-electron chi connectivity index (χ4n) is 0.861. The molecule has 12 heavy (non-hydrogen) atoms. The molecule has 2 nitrogen and oxygen atoms in total. The second-order valence-corrected chi connectivity index (χ2v) is 3.61. The highest BCUT2D eigenvalue weighted by molar-refractivity contribution is 7.46. The molecule has 0 radical (unpaired) electrons. The van der Waals surface area contributed by atoms with E-state index in [0.29, 0.717) is 0 Å². The van der Waals surface area contributed by atoms with Crippen LogP contribution in [0.25, 0.3) is 0 Å². The summed E-state index contributed by atoms with van der Waals surface area (Å²) in [5, 5.41) is 0. The maximum absolute atomic E-state index is 5.43. The summed E-state index contributed by atoms with van der Waals surface area (Å²) < 4.78 is 10.8. The molecule has 1 rings (SSSR count). The van der Waals surface area contributed by atoms with Crippen LogP contribution in [0.1, 0.15) is 13.3 Å².